The molecule has 1 heterocycles. The minimum absolute atomic E-state index is 0.0661. The predicted molar refractivity (Wildman–Crippen MR) is 42.1 cm³/mol. The summed E-state index contributed by atoms with van der Waals surface area (Å²) in [5.41, 5.74) is 0. The summed E-state index contributed by atoms with van der Waals surface area (Å²) in [6, 6.07) is 0. The third kappa shape index (κ3) is 0.706. The average molecular weight is 198 g/mol. The summed E-state index contributed by atoms with van der Waals surface area (Å²) >= 11 is 0. The lowest BCUT2D eigenvalue weighted by atomic mass is 9.79. The fraction of sp³-hybridized carbons (Fsp3) is 0.778. The molecule has 0 spiro atoms. The van der Waals surface area contributed by atoms with E-state index < -0.39 is 36.0 Å². The Hall–Kier alpha value is -1.10. The van der Waals surface area contributed by atoms with Crippen LogP contribution in [0, 0.1) is 23.7 Å². The number of aliphatic carboxylic acids is 1. The van der Waals surface area contributed by atoms with Crippen molar-refractivity contribution in [1.82, 2.24) is 0 Å². The molecule has 2 aliphatic carbocycles. The van der Waals surface area contributed by atoms with Gasteiger partial charge in [0.2, 0.25) is 0 Å². The predicted octanol–water partition coefficient (Wildman–Crippen LogP) is -0.761. The highest BCUT2D eigenvalue weighted by molar-refractivity contribution is 5.85. The third-order valence-electron chi connectivity index (χ3n) is 3.86. The van der Waals surface area contributed by atoms with Crippen LogP contribution in [0.25, 0.3) is 0 Å². The molecule has 3 rings (SSSR count). The molecule has 2 saturated carbocycles. The van der Waals surface area contributed by atoms with Gasteiger partial charge in [-0.2, -0.15) is 0 Å². The molecule has 0 aromatic heterocycles. The van der Waals surface area contributed by atoms with Gasteiger partial charge in [-0.1, -0.05) is 0 Å². The summed E-state index contributed by atoms with van der Waals surface area (Å²) < 4.78 is 4.98. The Morgan fingerprint density at radius 1 is 1.43 bits per heavy atom. The highest BCUT2D eigenvalue weighted by Crippen LogP contribution is 2.57. The quantitative estimate of drug-likeness (QED) is 0.541. The Labute approximate surface area is 79.7 Å². The zero-order chi connectivity index (χ0) is 10.0. The standard InChI is InChI=1S/C9H10O5/c10-6-2-1-3-5(4(2)8(11)12)9(13)14-7(3)6/h2-7,10H,1H2,(H,11,12)/t2-,3-,4-,5-,6+,7-/m1/s1. The van der Waals surface area contributed by atoms with E-state index in [1.54, 1.807) is 0 Å². The summed E-state index contributed by atoms with van der Waals surface area (Å²) in [6.45, 7) is 0. The zero-order valence-electron chi connectivity index (χ0n) is 7.29. The first-order valence-electron chi connectivity index (χ1n) is 4.72. The van der Waals surface area contributed by atoms with Crippen molar-refractivity contribution in [2.24, 2.45) is 23.7 Å². The SMILES string of the molecule is O=C(O)[C@@H]1[C@H]2C[C@H]3[C@@H](OC(=O)[C@H]31)[C@H]2O. The second-order valence-corrected chi connectivity index (χ2v) is 4.35. The van der Waals surface area contributed by atoms with Gasteiger partial charge in [0.15, 0.2) is 0 Å². The van der Waals surface area contributed by atoms with Gasteiger partial charge in [-0.05, 0) is 6.42 Å². The highest BCUT2D eigenvalue weighted by Gasteiger charge is 2.68. The van der Waals surface area contributed by atoms with Gasteiger partial charge in [0, 0.05) is 11.8 Å². The van der Waals surface area contributed by atoms with Crippen molar-refractivity contribution in [2.75, 3.05) is 0 Å². The van der Waals surface area contributed by atoms with Crippen LogP contribution in [0.15, 0.2) is 0 Å². The van der Waals surface area contributed by atoms with E-state index in [0.29, 0.717) is 6.42 Å². The Bertz CT molecular complexity index is 325. The number of carboxylic acid groups (broad SMARTS) is 1. The lowest BCUT2D eigenvalue weighted by Gasteiger charge is -2.25. The Kier molecular flexibility index (Phi) is 1.34. The van der Waals surface area contributed by atoms with Crippen molar-refractivity contribution in [2.45, 2.75) is 18.6 Å². The van der Waals surface area contributed by atoms with Crippen LogP contribution >= 0.6 is 0 Å². The lowest BCUT2D eigenvalue weighted by Crippen LogP contribution is -2.40. The minimum Gasteiger partial charge on any atom is -0.481 e. The molecular formula is C9H10O5. The largest absolute Gasteiger partial charge is 0.481 e. The number of esters is 1. The minimum atomic E-state index is -0.987. The Morgan fingerprint density at radius 3 is 2.79 bits per heavy atom. The molecule has 2 N–H and O–H groups in total. The van der Waals surface area contributed by atoms with Gasteiger partial charge < -0.3 is 14.9 Å². The molecule has 6 atom stereocenters. The monoisotopic (exact) mass is 198 g/mol. The topological polar surface area (TPSA) is 83.8 Å². The third-order valence-corrected chi connectivity index (χ3v) is 3.86. The van der Waals surface area contributed by atoms with Crippen molar-refractivity contribution in [3.8, 4) is 0 Å². The summed E-state index contributed by atoms with van der Waals surface area (Å²) in [7, 11) is 0. The normalized spacial score (nSPS) is 53.6. The van der Waals surface area contributed by atoms with Crippen LogP contribution in [0.4, 0.5) is 0 Å². The number of carbonyl (C=O) groups excluding carboxylic acids is 1. The Morgan fingerprint density at radius 2 is 2.14 bits per heavy atom. The van der Waals surface area contributed by atoms with Crippen molar-refractivity contribution in [3.05, 3.63) is 0 Å². The number of carboxylic acids is 1. The molecule has 0 amide bonds. The zero-order valence-corrected chi connectivity index (χ0v) is 7.29. The van der Waals surface area contributed by atoms with E-state index in [1.165, 1.54) is 0 Å². The first-order valence-corrected chi connectivity index (χ1v) is 4.72. The molecule has 5 nitrogen and oxygen atoms in total. The first-order chi connectivity index (χ1) is 6.61. The van der Waals surface area contributed by atoms with Gasteiger partial charge in [-0.15, -0.1) is 0 Å². The molecule has 3 aliphatic rings. The summed E-state index contributed by atoms with van der Waals surface area (Å²) in [5, 5.41) is 18.7. The summed E-state index contributed by atoms with van der Waals surface area (Å²) in [6.07, 6.45) is -0.601. The van der Waals surface area contributed by atoms with Crippen molar-refractivity contribution < 1.29 is 24.5 Å². The maximum Gasteiger partial charge on any atom is 0.310 e. The highest BCUT2D eigenvalue weighted by atomic mass is 16.6. The van der Waals surface area contributed by atoms with E-state index in [9.17, 15) is 14.7 Å². The van der Waals surface area contributed by atoms with Crippen LogP contribution < -0.4 is 0 Å². The molecule has 1 saturated heterocycles. The van der Waals surface area contributed by atoms with Gasteiger partial charge in [-0.3, -0.25) is 9.59 Å². The lowest BCUT2D eigenvalue weighted by molar-refractivity contribution is -0.151. The van der Waals surface area contributed by atoms with Gasteiger partial charge >= 0.3 is 11.9 Å². The number of carbonyl (C=O) groups is 2. The molecule has 0 radical (unpaired) electrons. The summed E-state index contributed by atoms with van der Waals surface area (Å²) in [4.78, 5) is 22.3. The molecule has 0 unspecified atom stereocenters. The van der Waals surface area contributed by atoms with E-state index in [4.69, 9.17) is 9.84 Å². The number of fused-ring (bicyclic) bond motifs is 1. The van der Waals surface area contributed by atoms with E-state index in [1.807, 2.05) is 0 Å². The van der Waals surface area contributed by atoms with Crippen LogP contribution in [-0.4, -0.2) is 34.4 Å². The number of aliphatic hydroxyl groups excluding tert-OH is 1. The molecule has 1 aliphatic heterocycles. The molecule has 2 bridgehead atoms. The second-order valence-electron chi connectivity index (χ2n) is 4.35. The molecule has 0 aromatic rings. The van der Waals surface area contributed by atoms with Crippen molar-refractivity contribution in [3.63, 3.8) is 0 Å². The van der Waals surface area contributed by atoms with Gasteiger partial charge in [0.05, 0.1) is 17.9 Å². The van der Waals surface area contributed by atoms with Gasteiger partial charge in [-0.25, -0.2) is 0 Å². The molecule has 14 heavy (non-hydrogen) atoms. The fourth-order valence-electron chi connectivity index (χ4n) is 3.36. The smallest absolute Gasteiger partial charge is 0.310 e. The van der Waals surface area contributed by atoms with Crippen molar-refractivity contribution >= 4 is 11.9 Å². The first kappa shape index (κ1) is 8.23. The summed E-state index contributed by atoms with van der Waals surface area (Å²) in [5.74, 6) is -3.03. The van der Waals surface area contributed by atoms with E-state index in [-0.39, 0.29) is 11.8 Å². The van der Waals surface area contributed by atoms with Crippen LogP contribution in [0.5, 0.6) is 0 Å². The number of ether oxygens (including phenoxy) is 1. The number of hydrogen-bond acceptors (Lipinski definition) is 4. The molecular weight excluding hydrogens is 188 g/mol. The van der Waals surface area contributed by atoms with Crippen LogP contribution in [0.3, 0.4) is 0 Å². The number of hydrogen-bond donors (Lipinski definition) is 2. The number of aliphatic hydroxyl groups is 1. The molecule has 0 aromatic carbocycles. The van der Waals surface area contributed by atoms with Crippen LogP contribution in [0.1, 0.15) is 6.42 Å². The van der Waals surface area contributed by atoms with Crippen LogP contribution in [0.2, 0.25) is 0 Å². The van der Waals surface area contributed by atoms with E-state index in [0.717, 1.165) is 0 Å². The Balaban J connectivity index is 2.04. The van der Waals surface area contributed by atoms with E-state index >= 15 is 0 Å². The molecule has 76 valence electrons. The average Bonchev–Trinajstić information content (AvgIpc) is 2.67. The van der Waals surface area contributed by atoms with Gasteiger partial charge in [0.25, 0.3) is 0 Å². The molecule has 5 heteroatoms. The molecule has 3 fully saturated rings. The second kappa shape index (κ2) is 2.28. The van der Waals surface area contributed by atoms with Gasteiger partial charge in [0.1, 0.15) is 6.10 Å². The van der Waals surface area contributed by atoms with Crippen LogP contribution in [-0.2, 0) is 14.3 Å². The van der Waals surface area contributed by atoms with E-state index in [2.05, 4.69) is 0 Å². The maximum atomic E-state index is 11.4. The maximum absolute atomic E-state index is 11.4. The fourth-order valence-corrected chi connectivity index (χ4v) is 3.36. The number of rotatable bonds is 1. The van der Waals surface area contributed by atoms with Crippen molar-refractivity contribution in [1.29, 1.82) is 0 Å².